The van der Waals surface area contributed by atoms with Crippen LogP contribution in [0.3, 0.4) is 0 Å². The van der Waals surface area contributed by atoms with Gasteiger partial charge in [-0.3, -0.25) is 10.1 Å². The number of likely N-dealkylation sites (N-methyl/N-ethyl adjacent to an activating group) is 1. The molecule has 1 saturated heterocycles. The van der Waals surface area contributed by atoms with E-state index >= 15 is 0 Å². The van der Waals surface area contributed by atoms with Gasteiger partial charge in [-0.15, -0.1) is 0 Å². The van der Waals surface area contributed by atoms with Crippen LogP contribution in [-0.2, 0) is 7.05 Å². The number of aryl methyl sites for hydroxylation is 1. The molecule has 7 heteroatoms. The van der Waals surface area contributed by atoms with Gasteiger partial charge >= 0.3 is 5.69 Å². The molecule has 7 nitrogen and oxygen atoms in total. The Hall–Kier alpha value is -1.63. The number of hydrogen-bond donors (Lipinski definition) is 1. The van der Waals surface area contributed by atoms with E-state index in [1.165, 1.54) is 0 Å². The summed E-state index contributed by atoms with van der Waals surface area (Å²) in [5.74, 6) is 0.668. The first-order chi connectivity index (χ1) is 8.97. The minimum atomic E-state index is -0.299. The average molecular weight is 267 g/mol. The highest BCUT2D eigenvalue weighted by Gasteiger charge is 2.35. The summed E-state index contributed by atoms with van der Waals surface area (Å²) in [4.78, 5) is 13.2. The van der Waals surface area contributed by atoms with Gasteiger partial charge in [0.15, 0.2) is 0 Å². The zero-order chi connectivity index (χ0) is 14.2. The van der Waals surface area contributed by atoms with E-state index in [-0.39, 0.29) is 16.5 Å². The van der Waals surface area contributed by atoms with Crippen molar-refractivity contribution in [2.45, 2.75) is 32.7 Å². The summed E-state index contributed by atoms with van der Waals surface area (Å²) in [6.45, 7) is 8.36. The van der Waals surface area contributed by atoms with Crippen molar-refractivity contribution in [3.8, 4) is 0 Å². The second-order valence-electron chi connectivity index (χ2n) is 5.19. The standard InChI is InChI=1S/C12H21N5O2/c1-5-16(9-6-13-7-9)12-11(17(18)19)10(8(2)3)14-15(12)4/h8-9,13H,5-7H2,1-4H3. The molecule has 1 aromatic heterocycles. The van der Waals surface area contributed by atoms with E-state index in [9.17, 15) is 10.1 Å². The van der Waals surface area contributed by atoms with Gasteiger partial charge in [0.1, 0.15) is 5.69 Å². The maximum atomic E-state index is 11.4. The van der Waals surface area contributed by atoms with Crippen LogP contribution in [0.5, 0.6) is 0 Å². The van der Waals surface area contributed by atoms with E-state index < -0.39 is 0 Å². The molecule has 19 heavy (non-hydrogen) atoms. The van der Waals surface area contributed by atoms with Crippen LogP contribution in [-0.4, -0.2) is 40.4 Å². The Morgan fingerprint density at radius 3 is 2.58 bits per heavy atom. The molecule has 0 bridgehead atoms. The topological polar surface area (TPSA) is 76.2 Å². The highest BCUT2D eigenvalue weighted by Crippen LogP contribution is 2.36. The van der Waals surface area contributed by atoms with Gasteiger partial charge in [-0.05, 0) is 6.92 Å². The second kappa shape index (κ2) is 5.16. The molecule has 0 atom stereocenters. The third kappa shape index (κ3) is 2.30. The molecule has 0 aliphatic carbocycles. The molecule has 2 heterocycles. The van der Waals surface area contributed by atoms with E-state index in [0.29, 0.717) is 17.6 Å². The Bertz CT molecular complexity index is 479. The Morgan fingerprint density at radius 1 is 1.58 bits per heavy atom. The van der Waals surface area contributed by atoms with Crippen LogP contribution < -0.4 is 10.2 Å². The maximum Gasteiger partial charge on any atom is 0.334 e. The van der Waals surface area contributed by atoms with E-state index in [1.807, 2.05) is 20.8 Å². The molecule has 1 aromatic rings. The smallest absolute Gasteiger partial charge is 0.334 e. The molecule has 1 aliphatic rings. The van der Waals surface area contributed by atoms with Crippen molar-refractivity contribution >= 4 is 11.5 Å². The Kier molecular flexibility index (Phi) is 3.75. The molecule has 0 unspecified atom stereocenters. The number of aromatic nitrogens is 2. The fourth-order valence-electron chi connectivity index (χ4n) is 2.48. The average Bonchev–Trinajstić information content (AvgIpc) is 2.61. The van der Waals surface area contributed by atoms with Gasteiger partial charge in [-0.2, -0.15) is 5.10 Å². The Balaban J connectivity index is 2.50. The molecule has 106 valence electrons. The zero-order valence-corrected chi connectivity index (χ0v) is 11.9. The minimum absolute atomic E-state index is 0.0403. The molecule has 1 fully saturated rings. The SMILES string of the molecule is CCN(c1c([N+](=O)[O-])c(C(C)C)nn1C)C1CNC1. The summed E-state index contributed by atoms with van der Waals surface area (Å²) in [6, 6.07) is 0.319. The number of nitrogens with one attached hydrogen (secondary N) is 1. The summed E-state index contributed by atoms with van der Waals surface area (Å²) in [6.07, 6.45) is 0. The van der Waals surface area contributed by atoms with E-state index in [0.717, 1.165) is 19.6 Å². The molecule has 0 spiro atoms. The van der Waals surface area contributed by atoms with Crippen molar-refractivity contribution in [2.24, 2.45) is 7.05 Å². The summed E-state index contributed by atoms with van der Waals surface area (Å²) in [7, 11) is 1.78. The monoisotopic (exact) mass is 267 g/mol. The lowest BCUT2D eigenvalue weighted by Crippen LogP contribution is -2.57. The molecular weight excluding hydrogens is 246 g/mol. The maximum absolute atomic E-state index is 11.4. The molecule has 1 aliphatic heterocycles. The van der Waals surface area contributed by atoms with Gasteiger partial charge in [-0.1, -0.05) is 13.8 Å². The van der Waals surface area contributed by atoms with Crippen molar-refractivity contribution < 1.29 is 4.92 Å². The predicted octanol–water partition coefficient (Wildman–Crippen LogP) is 1.25. The lowest BCUT2D eigenvalue weighted by atomic mass is 10.1. The van der Waals surface area contributed by atoms with Crippen LogP contribution in [0.15, 0.2) is 0 Å². The van der Waals surface area contributed by atoms with E-state index in [4.69, 9.17) is 0 Å². The number of nitrogens with zero attached hydrogens (tertiary/aromatic N) is 4. The largest absolute Gasteiger partial charge is 0.346 e. The number of anilines is 1. The van der Waals surface area contributed by atoms with E-state index in [2.05, 4.69) is 15.3 Å². The van der Waals surface area contributed by atoms with Gasteiger partial charge in [0.2, 0.25) is 5.82 Å². The zero-order valence-electron chi connectivity index (χ0n) is 11.9. The van der Waals surface area contributed by atoms with Crippen LogP contribution in [0, 0.1) is 10.1 Å². The van der Waals surface area contributed by atoms with Gasteiger partial charge in [0.05, 0.1) is 11.0 Å². The van der Waals surface area contributed by atoms with Crippen LogP contribution >= 0.6 is 0 Å². The quantitative estimate of drug-likeness (QED) is 0.642. The number of rotatable bonds is 5. The van der Waals surface area contributed by atoms with Crippen LogP contribution in [0.1, 0.15) is 32.4 Å². The van der Waals surface area contributed by atoms with Gasteiger partial charge in [0, 0.05) is 32.6 Å². The molecule has 0 radical (unpaired) electrons. The lowest BCUT2D eigenvalue weighted by molar-refractivity contribution is -0.385. The third-order valence-corrected chi connectivity index (χ3v) is 3.56. The summed E-state index contributed by atoms with van der Waals surface area (Å²) >= 11 is 0. The Labute approximate surface area is 112 Å². The molecule has 2 rings (SSSR count). The third-order valence-electron chi connectivity index (χ3n) is 3.56. The molecule has 0 amide bonds. The fourth-order valence-corrected chi connectivity index (χ4v) is 2.48. The summed E-state index contributed by atoms with van der Waals surface area (Å²) in [5.41, 5.74) is 0.722. The van der Waals surface area contributed by atoms with Gasteiger partial charge in [0.25, 0.3) is 0 Å². The molecular formula is C12H21N5O2. The Morgan fingerprint density at radius 2 is 2.21 bits per heavy atom. The first kappa shape index (κ1) is 13.8. The van der Waals surface area contributed by atoms with E-state index in [1.54, 1.807) is 11.7 Å². The summed E-state index contributed by atoms with van der Waals surface area (Å²) < 4.78 is 1.65. The molecule has 0 saturated carbocycles. The lowest BCUT2D eigenvalue weighted by Gasteiger charge is -2.38. The second-order valence-corrected chi connectivity index (χ2v) is 5.19. The normalized spacial score (nSPS) is 15.6. The first-order valence-corrected chi connectivity index (χ1v) is 6.66. The molecule has 0 aromatic carbocycles. The van der Waals surface area contributed by atoms with Gasteiger partial charge in [-0.25, -0.2) is 4.68 Å². The number of hydrogen-bond acceptors (Lipinski definition) is 5. The van der Waals surface area contributed by atoms with Crippen molar-refractivity contribution in [3.63, 3.8) is 0 Å². The van der Waals surface area contributed by atoms with Crippen LogP contribution in [0.25, 0.3) is 0 Å². The van der Waals surface area contributed by atoms with Crippen molar-refractivity contribution in [2.75, 3.05) is 24.5 Å². The van der Waals surface area contributed by atoms with Gasteiger partial charge < -0.3 is 10.2 Å². The van der Waals surface area contributed by atoms with Crippen LogP contribution in [0.4, 0.5) is 11.5 Å². The highest BCUT2D eigenvalue weighted by atomic mass is 16.6. The van der Waals surface area contributed by atoms with Crippen molar-refractivity contribution in [1.82, 2.24) is 15.1 Å². The van der Waals surface area contributed by atoms with Crippen LogP contribution in [0.2, 0.25) is 0 Å². The predicted molar refractivity (Wildman–Crippen MR) is 73.6 cm³/mol. The molecule has 1 N–H and O–H groups in total. The first-order valence-electron chi connectivity index (χ1n) is 6.66. The minimum Gasteiger partial charge on any atom is -0.346 e. The highest BCUT2D eigenvalue weighted by molar-refractivity contribution is 5.63. The summed E-state index contributed by atoms with van der Waals surface area (Å²) in [5, 5.41) is 19.0. The van der Waals surface area contributed by atoms with Crippen molar-refractivity contribution in [3.05, 3.63) is 15.8 Å². The van der Waals surface area contributed by atoms with Crippen molar-refractivity contribution in [1.29, 1.82) is 0 Å². The fraction of sp³-hybridized carbons (Fsp3) is 0.750. The number of nitro groups is 1.